The summed E-state index contributed by atoms with van der Waals surface area (Å²) < 4.78 is 37.8. The smallest absolute Gasteiger partial charge is 0.251 e. The van der Waals surface area contributed by atoms with Crippen LogP contribution >= 0.6 is 11.8 Å². The molecule has 0 aliphatic carbocycles. The van der Waals surface area contributed by atoms with Crippen LogP contribution in [0.1, 0.15) is 23.2 Å². The van der Waals surface area contributed by atoms with Gasteiger partial charge in [-0.1, -0.05) is 0 Å². The lowest BCUT2D eigenvalue weighted by Crippen LogP contribution is -2.41. The van der Waals surface area contributed by atoms with E-state index in [2.05, 4.69) is 5.32 Å². The minimum Gasteiger partial charge on any atom is -0.495 e. The molecule has 2 fully saturated rings. The lowest BCUT2D eigenvalue weighted by atomic mass is 10.1. The predicted molar refractivity (Wildman–Crippen MR) is 100 cm³/mol. The monoisotopic (exact) mass is 400 g/mol. The average molecular weight is 401 g/mol. The van der Waals surface area contributed by atoms with E-state index in [9.17, 15) is 13.2 Å². The Balaban J connectivity index is 1.84. The van der Waals surface area contributed by atoms with E-state index in [1.54, 1.807) is 12.1 Å². The fourth-order valence-electron chi connectivity index (χ4n) is 3.06. The summed E-state index contributed by atoms with van der Waals surface area (Å²) in [6, 6.07) is 4.70. The molecule has 0 spiro atoms. The largest absolute Gasteiger partial charge is 0.495 e. The molecule has 2 heterocycles. The van der Waals surface area contributed by atoms with Crippen LogP contribution in [-0.4, -0.2) is 69.6 Å². The number of carbonyl (C=O) groups excluding carboxylic acids is 1. The number of morpholine rings is 1. The minimum absolute atomic E-state index is 0.0220. The van der Waals surface area contributed by atoms with Gasteiger partial charge >= 0.3 is 0 Å². The molecule has 9 heteroatoms. The van der Waals surface area contributed by atoms with Crippen molar-refractivity contribution in [1.82, 2.24) is 9.62 Å². The van der Waals surface area contributed by atoms with E-state index in [4.69, 9.17) is 9.47 Å². The molecule has 1 N–H and O–H groups in total. The number of sulfonamides is 1. The number of nitrogens with one attached hydrogen (secondary N) is 1. The van der Waals surface area contributed by atoms with E-state index < -0.39 is 10.0 Å². The van der Waals surface area contributed by atoms with Gasteiger partial charge in [0.05, 0.1) is 20.3 Å². The summed E-state index contributed by atoms with van der Waals surface area (Å²) in [5.74, 6) is 2.05. The standard InChI is InChI=1S/C17H24N2O5S2/c1-23-15-3-2-13(17(20)18-14-4-10-25-11-5-14)12-16(15)26(21,22)19-6-8-24-9-7-19/h2-3,12,14H,4-11H2,1H3,(H,18,20). The van der Waals surface area contributed by atoms with Crippen LogP contribution in [0.15, 0.2) is 23.1 Å². The Morgan fingerprint density at radius 3 is 2.62 bits per heavy atom. The van der Waals surface area contributed by atoms with Gasteiger partial charge in [-0.3, -0.25) is 4.79 Å². The van der Waals surface area contributed by atoms with E-state index in [0.717, 1.165) is 24.3 Å². The molecule has 7 nitrogen and oxygen atoms in total. The molecule has 0 radical (unpaired) electrons. The summed E-state index contributed by atoms with van der Waals surface area (Å²) in [6.07, 6.45) is 1.87. The third kappa shape index (κ3) is 4.33. The van der Waals surface area contributed by atoms with Crippen molar-refractivity contribution in [1.29, 1.82) is 0 Å². The topological polar surface area (TPSA) is 84.9 Å². The van der Waals surface area contributed by atoms with E-state index in [1.807, 2.05) is 11.8 Å². The van der Waals surface area contributed by atoms with Crippen LogP contribution in [0.4, 0.5) is 0 Å². The zero-order valence-corrected chi connectivity index (χ0v) is 16.4. The zero-order chi connectivity index (χ0) is 18.6. The number of benzene rings is 1. The highest BCUT2D eigenvalue weighted by atomic mass is 32.2. The van der Waals surface area contributed by atoms with Crippen molar-refractivity contribution in [3.63, 3.8) is 0 Å². The molecule has 0 aromatic heterocycles. The lowest BCUT2D eigenvalue weighted by Gasteiger charge is -2.27. The number of nitrogens with zero attached hydrogens (tertiary/aromatic N) is 1. The summed E-state index contributed by atoms with van der Waals surface area (Å²) in [7, 11) is -2.33. The SMILES string of the molecule is COc1ccc(C(=O)NC2CCSCC2)cc1S(=O)(=O)N1CCOCC1. The maximum absolute atomic E-state index is 13.0. The van der Waals surface area contributed by atoms with Crippen LogP contribution in [0.5, 0.6) is 5.75 Å². The van der Waals surface area contributed by atoms with Crippen molar-refractivity contribution < 1.29 is 22.7 Å². The molecule has 26 heavy (non-hydrogen) atoms. The zero-order valence-electron chi connectivity index (χ0n) is 14.8. The van der Waals surface area contributed by atoms with Crippen LogP contribution in [0.3, 0.4) is 0 Å². The molecule has 2 saturated heterocycles. The van der Waals surface area contributed by atoms with Gasteiger partial charge in [-0.25, -0.2) is 8.42 Å². The third-order valence-electron chi connectivity index (χ3n) is 4.57. The molecule has 1 aromatic carbocycles. The van der Waals surface area contributed by atoms with Crippen LogP contribution < -0.4 is 10.1 Å². The summed E-state index contributed by atoms with van der Waals surface area (Å²) in [6.45, 7) is 1.31. The molecule has 1 amide bonds. The van der Waals surface area contributed by atoms with Crippen LogP contribution in [0.2, 0.25) is 0 Å². The maximum Gasteiger partial charge on any atom is 0.251 e. The van der Waals surface area contributed by atoms with Gasteiger partial charge in [-0.05, 0) is 42.5 Å². The van der Waals surface area contributed by atoms with Crippen LogP contribution in [-0.2, 0) is 14.8 Å². The first-order valence-electron chi connectivity index (χ1n) is 8.67. The second kappa shape index (κ2) is 8.60. The molecule has 1 aromatic rings. The van der Waals surface area contributed by atoms with Gasteiger partial charge in [0, 0.05) is 24.7 Å². The minimum atomic E-state index is -3.75. The summed E-state index contributed by atoms with van der Waals surface area (Å²) in [5, 5.41) is 3.01. The number of methoxy groups -OCH3 is 1. The van der Waals surface area contributed by atoms with E-state index in [-0.39, 0.29) is 22.6 Å². The maximum atomic E-state index is 13.0. The van der Waals surface area contributed by atoms with Crippen molar-refractivity contribution in [2.45, 2.75) is 23.8 Å². The first-order chi connectivity index (χ1) is 12.5. The Kier molecular flexibility index (Phi) is 6.44. The van der Waals surface area contributed by atoms with Crippen molar-refractivity contribution in [2.75, 3.05) is 44.9 Å². The van der Waals surface area contributed by atoms with Crippen molar-refractivity contribution >= 4 is 27.7 Å². The van der Waals surface area contributed by atoms with E-state index in [0.29, 0.717) is 31.9 Å². The average Bonchev–Trinajstić information content (AvgIpc) is 2.69. The van der Waals surface area contributed by atoms with E-state index in [1.165, 1.54) is 17.5 Å². The normalized spacial score (nSPS) is 19.9. The first-order valence-corrected chi connectivity index (χ1v) is 11.3. The first kappa shape index (κ1) is 19.5. The number of ether oxygens (including phenoxy) is 2. The third-order valence-corrected chi connectivity index (χ3v) is 7.54. The Labute approximate surface area is 158 Å². The molecule has 0 saturated carbocycles. The number of rotatable bonds is 5. The highest BCUT2D eigenvalue weighted by Crippen LogP contribution is 2.28. The van der Waals surface area contributed by atoms with Gasteiger partial charge in [0.1, 0.15) is 10.6 Å². The summed E-state index contributed by atoms with van der Waals surface area (Å²) in [5.41, 5.74) is 0.330. The van der Waals surface area contributed by atoms with Crippen molar-refractivity contribution in [3.05, 3.63) is 23.8 Å². The molecule has 0 atom stereocenters. The number of hydrogen-bond donors (Lipinski definition) is 1. The van der Waals surface area contributed by atoms with Crippen LogP contribution in [0.25, 0.3) is 0 Å². The fourth-order valence-corrected chi connectivity index (χ4v) is 5.75. The van der Waals surface area contributed by atoms with Gasteiger partial charge in [-0.15, -0.1) is 0 Å². The quantitative estimate of drug-likeness (QED) is 0.803. The molecule has 2 aliphatic rings. The molecule has 0 bridgehead atoms. The number of carbonyl (C=O) groups is 1. The van der Waals surface area contributed by atoms with Gasteiger partial charge in [-0.2, -0.15) is 16.1 Å². The van der Waals surface area contributed by atoms with E-state index >= 15 is 0 Å². The van der Waals surface area contributed by atoms with Crippen molar-refractivity contribution in [2.24, 2.45) is 0 Å². The Hall–Kier alpha value is -1.29. The van der Waals surface area contributed by atoms with Crippen LogP contribution in [0, 0.1) is 0 Å². The second-order valence-corrected chi connectivity index (χ2v) is 9.37. The number of amides is 1. The van der Waals surface area contributed by atoms with Gasteiger partial charge in [0.15, 0.2) is 0 Å². The Morgan fingerprint density at radius 2 is 1.96 bits per heavy atom. The summed E-state index contributed by atoms with van der Waals surface area (Å²) in [4.78, 5) is 12.6. The Bertz CT molecular complexity index is 742. The molecular weight excluding hydrogens is 376 g/mol. The second-order valence-electron chi connectivity index (χ2n) is 6.24. The van der Waals surface area contributed by atoms with Crippen molar-refractivity contribution in [3.8, 4) is 5.75 Å². The predicted octanol–water partition coefficient (Wildman–Crippen LogP) is 1.34. The number of hydrogen-bond acceptors (Lipinski definition) is 6. The van der Waals surface area contributed by atoms with Gasteiger partial charge in [0.2, 0.25) is 10.0 Å². The fraction of sp³-hybridized carbons (Fsp3) is 0.588. The van der Waals surface area contributed by atoms with Gasteiger partial charge < -0.3 is 14.8 Å². The molecular formula is C17H24N2O5S2. The highest BCUT2D eigenvalue weighted by molar-refractivity contribution is 7.99. The van der Waals surface area contributed by atoms with Gasteiger partial charge in [0.25, 0.3) is 5.91 Å². The molecule has 2 aliphatic heterocycles. The summed E-state index contributed by atoms with van der Waals surface area (Å²) >= 11 is 1.89. The number of thioether (sulfide) groups is 1. The molecule has 144 valence electrons. The Morgan fingerprint density at radius 1 is 1.27 bits per heavy atom. The lowest BCUT2D eigenvalue weighted by molar-refractivity contribution is 0.0729. The highest BCUT2D eigenvalue weighted by Gasteiger charge is 2.30. The molecule has 3 rings (SSSR count). The molecule has 0 unspecified atom stereocenters.